The quantitative estimate of drug-likeness (QED) is 0.920. The van der Waals surface area contributed by atoms with Gasteiger partial charge >= 0.3 is 0 Å². The number of nitrogens with zero attached hydrogens (tertiary/aromatic N) is 3. The van der Waals surface area contributed by atoms with Gasteiger partial charge in [0.1, 0.15) is 17.7 Å². The number of ether oxygens (including phenoxy) is 1. The number of aromatic nitrogens is 2. The first-order chi connectivity index (χ1) is 11.0. The van der Waals surface area contributed by atoms with Crippen molar-refractivity contribution in [2.75, 3.05) is 25.4 Å². The smallest absolute Gasteiger partial charge is 0.227 e. The highest BCUT2D eigenvalue weighted by Crippen LogP contribution is 2.22. The van der Waals surface area contributed by atoms with E-state index in [4.69, 9.17) is 15.0 Å². The van der Waals surface area contributed by atoms with Gasteiger partial charge in [-0.3, -0.25) is 4.79 Å². The summed E-state index contributed by atoms with van der Waals surface area (Å²) in [5.74, 6) is 1.18. The lowest BCUT2D eigenvalue weighted by Crippen LogP contribution is -2.43. The number of morpholine rings is 1. The first-order valence-corrected chi connectivity index (χ1v) is 7.58. The molecule has 0 spiro atoms. The van der Waals surface area contributed by atoms with Gasteiger partial charge in [0, 0.05) is 12.1 Å². The lowest BCUT2D eigenvalue weighted by molar-refractivity contribution is -0.138. The van der Waals surface area contributed by atoms with Crippen molar-refractivity contribution in [1.82, 2.24) is 15.0 Å². The number of anilines is 1. The zero-order valence-electron chi connectivity index (χ0n) is 13.3. The van der Waals surface area contributed by atoms with Crippen molar-refractivity contribution in [3.05, 3.63) is 40.9 Å². The fourth-order valence-electron chi connectivity index (χ4n) is 2.72. The van der Waals surface area contributed by atoms with Crippen LogP contribution in [-0.2, 0) is 16.0 Å². The number of hydrogen-bond acceptors (Lipinski definition) is 6. The Morgan fingerprint density at radius 2 is 2.26 bits per heavy atom. The Bertz CT molecular complexity index is 694. The molecule has 2 aromatic rings. The van der Waals surface area contributed by atoms with Gasteiger partial charge in [-0.15, -0.1) is 0 Å². The number of amides is 1. The van der Waals surface area contributed by atoms with Crippen molar-refractivity contribution in [2.24, 2.45) is 0 Å². The number of nitrogen functional groups attached to an aromatic ring is 1. The minimum absolute atomic E-state index is 0.0385. The molecular formula is C16H20N4O3. The first kappa shape index (κ1) is 15.5. The zero-order valence-corrected chi connectivity index (χ0v) is 13.3. The lowest BCUT2D eigenvalue weighted by Gasteiger charge is -2.32. The van der Waals surface area contributed by atoms with Crippen LogP contribution in [0, 0.1) is 13.8 Å². The molecule has 1 aliphatic heterocycles. The molecule has 1 fully saturated rings. The fraction of sp³-hybridized carbons (Fsp3) is 0.438. The van der Waals surface area contributed by atoms with Gasteiger partial charge in [-0.2, -0.15) is 0 Å². The highest BCUT2D eigenvalue weighted by Gasteiger charge is 2.27. The third-order valence-electron chi connectivity index (χ3n) is 4.05. The summed E-state index contributed by atoms with van der Waals surface area (Å²) in [6, 6.07) is 5.43. The zero-order chi connectivity index (χ0) is 16.4. The molecule has 23 heavy (non-hydrogen) atoms. The average molecular weight is 316 g/mol. The van der Waals surface area contributed by atoms with Crippen LogP contribution in [0.2, 0.25) is 0 Å². The molecule has 122 valence electrons. The van der Waals surface area contributed by atoms with E-state index >= 15 is 0 Å². The predicted octanol–water partition coefficient (Wildman–Crippen LogP) is 1.41. The molecule has 0 unspecified atom stereocenters. The molecule has 2 N–H and O–H groups in total. The molecule has 0 saturated carbocycles. The molecule has 3 rings (SSSR count). The molecule has 1 aliphatic rings. The molecule has 0 aliphatic carbocycles. The maximum atomic E-state index is 12.6. The van der Waals surface area contributed by atoms with Crippen LogP contribution in [0.5, 0.6) is 0 Å². The Labute approximate surface area is 134 Å². The predicted molar refractivity (Wildman–Crippen MR) is 83.6 cm³/mol. The van der Waals surface area contributed by atoms with Crippen LogP contribution in [-0.4, -0.2) is 40.6 Å². The Kier molecular flexibility index (Phi) is 4.29. The van der Waals surface area contributed by atoms with E-state index in [-0.39, 0.29) is 18.4 Å². The summed E-state index contributed by atoms with van der Waals surface area (Å²) in [6.45, 7) is 5.19. The normalized spacial score (nSPS) is 18.2. The molecule has 3 heterocycles. The third kappa shape index (κ3) is 3.34. The van der Waals surface area contributed by atoms with Gasteiger partial charge in [0.2, 0.25) is 5.91 Å². The van der Waals surface area contributed by atoms with Gasteiger partial charge in [0.25, 0.3) is 0 Å². The first-order valence-electron chi connectivity index (χ1n) is 7.58. The second-order valence-electron chi connectivity index (χ2n) is 5.67. The molecule has 1 atom stereocenters. The molecule has 0 radical (unpaired) electrons. The van der Waals surface area contributed by atoms with E-state index in [1.165, 1.54) is 0 Å². The monoisotopic (exact) mass is 316 g/mol. The maximum absolute atomic E-state index is 12.6. The molecule has 7 heteroatoms. The standard InChI is InChI=1S/C16H20N4O3/c1-10-12(11(2)23-19-10)8-16(21)20-6-7-22-14(9-20)13-4-3-5-15(17)18-13/h3-5,14H,6-9H2,1-2H3,(H2,17,18)/t14-/m1/s1. The van der Waals surface area contributed by atoms with Crippen molar-refractivity contribution in [3.63, 3.8) is 0 Å². The highest BCUT2D eigenvalue weighted by atomic mass is 16.5. The van der Waals surface area contributed by atoms with Gasteiger partial charge in [0.05, 0.1) is 31.0 Å². The van der Waals surface area contributed by atoms with E-state index in [9.17, 15) is 4.79 Å². The van der Waals surface area contributed by atoms with Crippen molar-refractivity contribution < 1.29 is 14.1 Å². The fourth-order valence-corrected chi connectivity index (χ4v) is 2.72. The van der Waals surface area contributed by atoms with E-state index in [0.29, 0.717) is 31.3 Å². The molecule has 1 saturated heterocycles. The summed E-state index contributed by atoms with van der Waals surface area (Å²) < 4.78 is 10.9. The number of carbonyl (C=O) groups excluding carboxylic acids is 1. The van der Waals surface area contributed by atoms with Gasteiger partial charge in [-0.05, 0) is 26.0 Å². The number of aryl methyl sites for hydroxylation is 2. The van der Waals surface area contributed by atoms with E-state index in [1.807, 2.05) is 26.0 Å². The molecular weight excluding hydrogens is 296 g/mol. The summed E-state index contributed by atoms with van der Waals surface area (Å²) in [6.07, 6.45) is 0.0407. The third-order valence-corrected chi connectivity index (χ3v) is 4.05. The minimum Gasteiger partial charge on any atom is -0.384 e. The van der Waals surface area contributed by atoms with Gasteiger partial charge < -0.3 is 19.9 Å². The van der Waals surface area contributed by atoms with Crippen LogP contribution in [0.1, 0.15) is 28.8 Å². The lowest BCUT2D eigenvalue weighted by atomic mass is 10.1. The average Bonchev–Trinajstić information content (AvgIpc) is 2.87. The summed E-state index contributed by atoms with van der Waals surface area (Å²) in [5, 5.41) is 3.89. The van der Waals surface area contributed by atoms with Crippen molar-refractivity contribution in [2.45, 2.75) is 26.4 Å². The maximum Gasteiger partial charge on any atom is 0.227 e. The number of carbonyl (C=O) groups is 1. The van der Waals surface area contributed by atoms with E-state index in [0.717, 1.165) is 17.0 Å². The second-order valence-corrected chi connectivity index (χ2v) is 5.67. The minimum atomic E-state index is -0.249. The Hall–Kier alpha value is -2.41. The van der Waals surface area contributed by atoms with Crippen LogP contribution in [0.3, 0.4) is 0 Å². The summed E-state index contributed by atoms with van der Waals surface area (Å²) in [4.78, 5) is 18.7. The van der Waals surface area contributed by atoms with Gasteiger partial charge in [-0.1, -0.05) is 11.2 Å². The largest absolute Gasteiger partial charge is 0.384 e. The van der Waals surface area contributed by atoms with Crippen molar-refractivity contribution in [3.8, 4) is 0 Å². The molecule has 0 aromatic carbocycles. The summed E-state index contributed by atoms with van der Waals surface area (Å²) in [5.41, 5.74) is 8.09. The highest BCUT2D eigenvalue weighted by molar-refractivity contribution is 5.79. The van der Waals surface area contributed by atoms with Gasteiger partial charge in [0.15, 0.2) is 0 Å². The molecule has 0 bridgehead atoms. The summed E-state index contributed by atoms with van der Waals surface area (Å²) >= 11 is 0. The van der Waals surface area contributed by atoms with Crippen LogP contribution < -0.4 is 5.73 Å². The second kappa shape index (κ2) is 6.37. The molecule has 2 aromatic heterocycles. The number of hydrogen-bond donors (Lipinski definition) is 1. The van der Waals surface area contributed by atoms with E-state index in [1.54, 1.807) is 11.0 Å². The molecule has 1 amide bonds. The Morgan fingerprint density at radius 3 is 2.96 bits per heavy atom. The van der Waals surface area contributed by atoms with Crippen molar-refractivity contribution in [1.29, 1.82) is 0 Å². The summed E-state index contributed by atoms with van der Waals surface area (Å²) in [7, 11) is 0. The van der Waals surface area contributed by atoms with Crippen LogP contribution in [0.4, 0.5) is 5.82 Å². The topological polar surface area (TPSA) is 94.5 Å². The molecule has 7 nitrogen and oxygen atoms in total. The van der Waals surface area contributed by atoms with Crippen LogP contribution in [0.15, 0.2) is 22.7 Å². The number of pyridine rings is 1. The SMILES string of the molecule is Cc1noc(C)c1CC(=O)N1CCO[C@@H](c2cccc(N)n2)C1. The number of rotatable bonds is 3. The van der Waals surface area contributed by atoms with Crippen LogP contribution in [0.25, 0.3) is 0 Å². The van der Waals surface area contributed by atoms with Crippen LogP contribution >= 0.6 is 0 Å². The van der Waals surface area contributed by atoms with Gasteiger partial charge in [-0.25, -0.2) is 4.98 Å². The van der Waals surface area contributed by atoms with Crippen molar-refractivity contribution >= 4 is 11.7 Å². The number of nitrogens with two attached hydrogens (primary N) is 1. The van der Waals surface area contributed by atoms with E-state index < -0.39 is 0 Å². The van der Waals surface area contributed by atoms with E-state index in [2.05, 4.69) is 10.1 Å². The Morgan fingerprint density at radius 1 is 1.43 bits per heavy atom. The Balaban J connectivity index is 1.70.